The number of urea groups is 1. The summed E-state index contributed by atoms with van der Waals surface area (Å²) in [6.07, 6.45) is 7.75. The van der Waals surface area contributed by atoms with E-state index in [1.165, 1.54) is 0 Å². The summed E-state index contributed by atoms with van der Waals surface area (Å²) in [5.74, 6) is -0.0327. The first-order valence-corrected chi connectivity index (χ1v) is 10.5. The van der Waals surface area contributed by atoms with Crippen molar-refractivity contribution in [1.82, 2.24) is 25.3 Å². The molecular weight excluding hydrogens is 382 g/mol. The molecule has 2 heterocycles. The Morgan fingerprint density at radius 3 is 2.70 bits per heavy atom. The SMILES string of the molecule is CCC1CCC2(CC1)NC(=O)N(CC(=O)NCc1ccccc1-n1cccn1)C2=O. The van der Waals surface area contributed by atoms with Crippen LogP contribution in [-0.2, 0) is 16.1 Å². The topological polar surface area (TPSA) is 96.3 Å². The maximum atomic E-state index is 13.0. The molecule has 1 spiro atoms. The van der Waals surface area contributed by atoms with E-state index in [1.807, 2.05) is 36.5 Å². The first-order valence-electron chi connectivity index (χ1n) is 10.5. The second-order valence-corrected chi connectivity index (χ2v) is 8.11. The molecule has 8 heteroatoms. The number of carbonyl (C=O) groups excluding carboxylic acids is 3. The zero-order valence-corrected chi connectivity index (χ0v) is 17.1. The molecule has 2 fully saturated rings. The van der Waals surface area contributed by atoms with Crippen molar-refractivity contribution in [2.45, 2.75) is 51.1 Å². The summed E-state index contributed by atoms with van der Waals surface area (Å²) in [5.41, 5.74) is 0.931. The van der Waals surface area contributed by atoms with Crippen LogP contribution in [0.2, 0.25) is 0 Å². The molecule has 1 aromatic heterocycles. The van der Waals surface area contributed by atoms with Crippen LogP contribution in [0, 0.1) is 5.92 Å². The van der Waals surface area contributed by atoms with Crippen molar-refractivity contribution in [2.75, 3.05) is 6.54 Å². The summed E-state index contributed by atoms with van der Waals surface area (Å²) >= 11 is 0. The molecule has 1 saturated carbocycles. The summed E-state index contributed by atoms with van der Waals surface area (Å²) < 4.78 is 1.73. The van der Waals surface area contributed by atoms with E-state index in [4.69, 9.17) is 0 Å². The molecule has 0 bridgehead atoms. The van der Waals surface area contributed by atoms with Gasteiger partial charge >= 0.3 is 6.03 Å². The molecule has 158 valence electrons. The summed E-state index contributed by atoms with van der Waals surface area (Å²) in [5, 5.41) is 9.92. The molecule has 2 aliphatic rings. The number of hydrogen-bond acceptors (Lipinski definition) is 4. The van der Waals surface area contributed by atoms with E-state index < -0.39 is 11.6 Å². The molecule has 2 N–H and O–H groups in total. The number of carbonyl (C=O) groups is 3. The predicted octanol–water partition coefficient (Wildman–Crippen LogP) is 2.38. The smallest absolute Gasteiger partial charge is 0.325 e. The van der Waals surface area contributed by atoms with Gasteiger partial charge < -0.3 is 10.6 Å². The fourth-order valence-electron chi connectivity index (χ4n) is 4.43. The average molecular weight is 409 g/mol. The summed E-state index contributed by atoms with van der Waals surface area (Å²) in [6.45, 7) is 2.16. The van der Waals surface area contributed by atoms with Gasteiger partial charge in [0, 0.05) is 18.9 Å². The summed E-state index contributed by atoms with van der Waals surface area (Å²) in [7, 11) is 0. The number of benzene rings is 1. The molecule has 1 aromatic carbocycles. The van der Waals surface area contributed by atoms with Crippen molar-refractivity contribution < 1.29 is 14.4 Å². The van der Waals surface area contributed by atoms with Gasteiger partial charge in [-0.15, -0.1) is 0 Å². The molecular formula is C22H27N5O3. The van der Waals surface area contributed by atoms with Crippen molar-refractivity contribution in [3.63, 3.8) is 0 Å². The van der Waals surface area contributed by atoms with Gasteiger partial charge in [0.15, 0.2) is 0 Å². The third kappa shape index (κ3) is 3.81. The Labute approximate surface area is 175 Å². The van der Waals surface area contributed by atoms with Crippen LogP contribution in [0.1, 0.15) is 44.6 Å². The van der Waals surface area contributed by atoms with E-state index in [1.54, 1.807) is 10.9 Å². The number of para-hydroxylation sites is 1. The number of nitrogens with one attached hydrogen (secondary N) is 2. The lowest BCUT2D eigenvalue weighted by atomic mass is 9.75. The minimum atomic E-state index is -0.824. The fourth-order valence-corrected chi connectivity index (χ4v) is 4.43. The third-order valence-corrected chi connectivity index (χ3v) is 6.30. The normalized spacial score (nSPS) is 23.6. The number of hydrogen-bond donors (Lipinski definition) is 2. The Morgan fingerprint density at radius 2 is 2.00 bits per heavy atom. The Kier molecular flexibility index (Phi) is 5.57. The van der Waals surface area contributed by atoms with Gasteiger partial charge in [0.05, 0.1) is 5.69 Å². The van der Waals surface area contributed by atoms with Gasteiger partial charge in [-0.1, -0.05) is 31.5 Å². The van der Waals surface area contributed by atoms with E-state index in [-0.39, 0.29) is 24.9 Å². The Morgan fingerprint density at radius 1 is 1.23 bits per heavy atom. The van der Waals surface area contributed by atoms with Crippen LogP contribution in [-0.4, -0.2) is 44.6 Å². The van der Waals surface area contributed by atoms with Crippen LogP contribution in [0.15, 0.2) is 42.7 Å². The van der Waals surface area contributed by atoms with E-state index in [9.17, 15) is 14.4 Å². The molecule has 4 amide bonds. The van der Waals surface area contributed by atoms with Gasteiger partial charge in [0.2, 0.25) is 5.91 Å². The van der Waals surface area contributed by atoms with E-state index in [0.717, 1.165) is 35.4 Å². The van der Waals surface area contributed by atoms with Crippen molar-refractivity contribution in [1.29, 1.82) is 0 Å². The predicted molar refractivity (Wildman–Crippen MR) is 111 cm³/mol. The number of rotatable bonds is 6. The van der Waals surface area contributed by atoms with Crippen LogP contribution in [0.3, 0.4) is 0 Å². The quantitative estimate of drug-likeness (QED) is 0.716. The summed E-state index contributed by atoms with van der Waals surface area (Å²) in [4.78, 5) is 39.0. The lowest BCUT2D eigenvalue weighted by molar-refractivity contribution is -0.136. The van der Waals surface area contributed by atoms with E-state index in [2.05, 4.69) is 22.7 Å². The highest BCUT2D eigenvalue weighted by atomic mass is 16.2. The van der Waals surface area contributed by atoms with Crippen molar-refractivity contribution in [3.05, 3.63) is 48.3 Å². The van der Waals surface area contributed by atoms with Crippen LogP contribution < -0.4 is 10.6 Å². The maximum Gasteiger partial charge on any atom is 0.325 e. The average Bonchev–Trinajstić information content (AvgIpc) is 3.37. The van der Waals surface area contributed by atoms with Crippen molar-refractivity contribution in [3.8, 4) is 5.69 Å². The highest BCUT2D eigenvalue weighted by Gasteiger charge is 2.52. The molecule has 4 rings (SSSR count). The van der Waals surface area contributed by atoms with E-state index >= 15 is 0 Å². The van der Waals surface area contributed by atoms with Crippen molar-refractivity contribution >= 4 is 17.8 Å². The lowest BCUT2D eigenvalue weighted by Gasteiger charge is -2.34. The highest BCUT2D eigenvalue weighted by molar-refractivity contribution is 6.09. The van der Waals surface area contributed by atoms with Crippen LogP contribution >= 0.6 is 0 Å². The minimum Gasteiger partial charge on any atom is -0.350 e. The fraction of sp³-hybridized carbons (Fsp3) is 0.455. The molecule has 2 aromatic rings. The number of nitrogens with zero attached hydrogens (tertiary/aromatic N) is 3. The molecule has 0 unspecified atom stereocenters. The monoisotopic (exact) mass is 409 g/mol. The zero-order valence-electron chi connectivity index (χ0n) is 17.1. The largest absolute Gasteiger partial charge is 0.350 e. The minimum absolute atomic E-state index is 0.269. The molecule has 1 aliphatic carbocycles. The van der Waals surface area contributed by atoms with Gasteiger partial charge in [-0.2, -0.15) is 5.10 Å². The van der Waals surface area contributed by atoms with Crippen molar-refractivity contribution in [2.24, 2.45) is 5.92 Å². The third-order valence-electron chi connectivity index (χ3n) is 6.30. The second-order valence-electron chi connectivity index (χ2n) is 8.11. The molecule has 0 atom stereocenters. The molecule has 30 heavy (non-hydrogen) atoms. The van der Waals surface area contributed by atoms with Crippen LogP contribution in [0.4, 0.5) is 4.79 Å². The standard InChI is InChI=1S/C22H27N5O3/c1-2-16-8-10-22(11-9-16)20(29)26(21(30)25-22)15-19(28)23-14-17-6-3-4-7-18(17)27-13-5-12-24-27/h3-7,12-13,16H,2,8-11,14-15H2,1H3,(H,23,28)(H,25,30). The van der Waals surface area contributed by atoms with Gasteiger partial charge in [0.25, 0.3) is 5.91 Å². The number of amides is 4. The van der Waals surface area contributed by atoms with E-state index in [0.29, 0.717) is 18.8 Å². The van der Waals surface area contributed by atoms with Crippen LogP contribution in [0.5, 0.6) is 0 Å². The number of aromatic nitrogens is 2. The Hall–Kier alpha value is -3.16. The molecule has 1 saturated heterocycles. The summed E-state index contributed by atoms with van der Waals surface area (Å²) in [6, 6.07) is 8.98. The second kappa shape index (κ2) is 8.30. The first kappa shape index (κ1) is 20.1. The van der Waals surface area contributed by atoms with Gasteiger partial charge in [0.1, 0.15) is 12.1 Å². The van der Waals surface area contributed by atoms with Gasteiger partial charge in [-0.25, -0.2) is 9.48 Å². The Balaban J connectivity index is 1.37. The molecule has 1 aliphatic heterocycles. The van der Waals surface area contributed by atoms with Crippen LogP contribution in [0.25, 0.3) is 5.69 Å². The molecule has 8 nitrogen and oxygen atoms in total. The highest BCUT2D eigenvalue weighted by Crippen LogP contribution is 2.37. The maximum absolute atomic E-state index is 13.0. The first-order chi connectivity index (χ1) is 14.5. The number of imide groups is 1. The lowest BCUT2D eigenvalue weighted by Crippen LogP contribution is -2.50. The van der Waals surface area contributed by atoms with Gasteiger partial charge in [-0.05, 0) is 49.3 Å². The Bertz CT molecular complexity index is 932. The zero-order chi connectivity index (χ0) is 21.1. The molecule has 0 radical (unpaired) electrons. The van der Waals surface area contributed by atoms with Gasteiger partial charge in [-0.3, -0.25) is 14.5 Å².